The van der Waals surface area contributed by atoms with Crippen molar-refractivity contribution in [1.82, 2.24) is 14.9 Å². The van der Waals surface area contributed by atoms with E-state index < -0.39 is 0 Å². The first-order valence-electron chi connectivity index (χ1n) is 8.39. The number of nitrogens with one attached hydrogen (secondary N) is 1. The van der Waals surface area contributed by atoms with Gasteiger partial charge in [-0.15, -0.1) is 0 Å². The molecule has 0 saturated carbocycles. The number of hydrogen-bond donors (Lipinski definition) is 1. The maximum Gasteiger partial charge on any atom is 0.216 e. The van der Waals surface area contributed by atoms with Crippen LogP contribution in [0.15, 0.2) is 41.5 Å². The van der Waals surface area contributed by atoms with Gasteiger partial charge in [-0.05, 0) is 30.3 Å². The summed E-state index contributed by atoms with van der Waals surface area (Å²) in [5, 5.41) is 12.1. The van der Waals surface area contributed by atoms with Crippen molar-refractivity contribution in [3.05, 3.63) is 68.2 Å². The second-order valence-electron chi connectivity index (χ2n) is 5.82. The quantitative estimate of drug-likeness (QED) is 0.421. The predicted octanol–water partition coefficient (Wildman–Crippen LogP) is 4.93. The smallest absolute Gasteiger partial charge is 0.216 e. The Morgan fingerprint density at radius 2 is 1.86 bits per heavy atom. The number of aryl methyl sites for hydroxylation is 2. The molecule has 28 heavy (non-hydrogen) atoms. The maximum absolute atomic E-state index is 6.32. The van der Waals surface area contributed by atoms with Gasteiger partial charge >= 0.3 is 0 Å². The molecule has 0 aliphatic heterocycles. The van der Waals surface area contributed by atoms with Gasteiger partial charge in [-0.25, -0.2) is 0 Å². The van der Waals surface area contributed by atoms with Crippen LogP contribution in [0.3, 0.4) is 0 Å². The van der Waals surface area contributed by atoms with E-state index in [1.807, 2.05) is 18.2 Å². The van der Waals surface area contributed by atoms with Crippen LogP contribution in [0, 0.1) is 4.77 Å². The van der Waals surface area contributed by atoms with E-state index in [0.29, 0.717) is 33.3 Å². The lowest BCUT2D eigenvalue weighted by molar-refractivity contribution is 0.394. The molecule has 0 aliphatic rings. The van der Waals surface area contributed by atoms with Crippen LogP contribution in [0.5, 0.6) is 11.5 Å². The summed E-state index contributed by atoms with van der Waals surface area (Å²) < 4.78 is 12.6. The third kappa shape index (κ3) is 4.38. The Balaban J connectivity index is 1.89. The minimum Gasteiger partial charge on any atom is -0.494 e. The van der Waals surface area contributed by atoms with Gasteiger partial charge in [-0.3, -0.25) is 5.10 Å². The summed E-state index contributed by atoms with van der Waals surface area (Å²) in [6.07, 6.45) is 3.07. The van der Waals surface area contributed by atoms with E-state index in [1.165, 1.54) is 19.8 Å². The summed E-state index contributed by atoms with van der Waals surface area (Å²) in [5.74, 6) is 1.48. The minimum atomic E-state index is 0.277. The van der Waals surface area contributed by atoms with E-state index >= 15 is 0 Å². The molecular formula is C19H18Cl2N4O2S. The molecule has 9 heteroatoms. The lowest BCUT2D eigenvalue weighted by Crippen LogP contribution is -2.02. The highest BCUT2D eigenvalue weighted by Gasteiger charge is 2.16. The van der Waals surface area contributed by atoms with Crippen LogP contribution in [0.2, 0.25) is 10.0 Å². The molecule has 146 valence electrons. The van der Waals surface area contributed by atoms with Crippen LogP contribution in [-0.2, 0) is 12.8 Å². The van der Waals surface area contributed by atoms with Crippen molar-refractivity contribution in [3.8, 4) is 11.5 Å². The molecule has 2 aromatic carbocycles. The molecule has 6 nitrogen and oxygen atoms in total. The highest BCUT2D eigenvalue weighted by Crippen LogP contribution is 2.41. The van der Waals surface area contributed by atoms with E-state index in [-0.39, 0.29) is 5.02 Å². The fourth-order valence-corrected chi connectivity index (χ4v) is 3.62. The van der Waals surface area contributed by atoms with Crippen molar-refractivity contribution in [2.45, 2.75) is 12.8 Å². The van der Waals surface area contributed by atoms with Gasteiger partial charge in [-0.2, -0.15) is 14.9 Å². The summed E-state index contributed by atoms with van der Waals surface area (Å²) in [6.45, 7) is 0. The number of aromatic nitrogens is 3. The molecule has 1 N–H and O–H groups in total. The summed E-state index contributed by atoms with van der Waals surface area (Å²) in [5.41, 5.74) is 1.80. The van der Waals surface area contributed by atoms with Gasteiger partial charge < -0.3 is 9.47 Å². The molecule has 3 rings (SSSR count). The number of ether oxygens (including phenoxy) is 2. The van der Waals surface area contributed by atoms with Gasteiger partial charge in [0, 0.05) is 12.0 Å². The average molecular weight is 437 g/mol. The zero-order valence-electron chi connectivity index (χ0n) is 15.3. The summed E-state index contributed by atoms with van der Waals surface area (Å²) in [7, 11) is 3.00. The van der Waals surface area contributed by atoms with E-state index in [4.69, 9.17) is 44.9 Å². The summed E-state index contributed by atoms with van der Waals surface area (Å²) in [6, 6.07) is 11.8. The van der Waals surface area contributed by atoms with Crippen LogP contribution < -0.4 is 9.47 Å². The molecule has 1 aromatic heterocycles. The fourth-order valence-electron chi connectivity index (χ4n) is 2.72. The van der Waals surface area contributed by atoms with Gasteiger partial charge in [0.1, 0.15) is 10.8 Å². The van der Waals surface area contributed by atoms with Crippen LogP contribution in [0.4, 0.5) is 0 Å². The molecule has 0 bridgehead atoms. The molecule has 0 spiro atoms. The lowest BCUT2D eigenvalue weighted by atomic mass is 10.1. The zero-order valence-corrected chi connectivity index (χ0v) is 17.6. The number of benzene rings is 2. The van der Waals surface area contributed by atoms with E-state index in [2.05, 4.69) is 27.4 Å². The van der Waals surface area contributed by atoms with Crippen molar-refractivity contribution in [2.24, 2.45) is 5.10 Å². The molecule has 3 aromatic rings. The molecule has 0 unspecified atom stereocenters. The third-order valence-corrected chi connectivity index (χ3v) is 4.97. The second-order valence-corrected chi connectivity index (χ2v) is 6.99. The number of aromatic amines is 1. The van der Waals surface area contributed by atoms with Gasteiger partial charge in [0.25, 0.3) is 0 Å². The molecule has 1 heterocycles. The Hall–Kier alpha value is -2.35. The largest absolute Gasteiger partial charge is 0.494 e. The molecule has 0 aliphatic carbocycles. The van der Waals surface area contributed by atoms with Gasteiger partial charge in [-0.1, -0.05) is 53.5 Å². The number of halogens is 2. The van der Waals surface area contributed by atoms with Crippen molar-refractivity contribution < 1.29 is 9.47 Å². The second kappa shape index (κ2) is 9.23. The van der Waals surface area contributed by atoms with Gasteiger partial charge in [0.15, 0.2) is 11.6 Å². The molecule has 0 amide bonds. The standard InChI is InChI=1S/C19H18Cl2N4O2S/c1-26-17-13(10-14(20)18(27-2)16(17)21)11-22-25-15(23-24-19(25)28)9-8-12-6-4-3-5-7-12/h3-7,10-11H,8-9H2,1-2H3,(H,24,28)/b22-11-. The fraction of sp³-hybridized carbons (Fsp3) is 0.211. The van der Waals surface area contributed by atoms with Crippen molar-refractivity contribution in [3.63, 3.8) is 0 Å². The van der Waals surface area contributed by atoms with E-state index in [9.17, 15) is 0 Å². The summed E-state index contributed by atoms with van der Waals surface area (Å²) in [4.78, 5) is 0. The predicted molar refractivity (Wildman–Crippen MR) is 114 cm³/mol. The van der Waals surface area contributed by atoms with Crippen LogP contribution in [0.1, 0.15) is 17.0 Å². The molecule has 0 saturated heterocycles. The van der Waals surface area contributed by atoms with Crippen molar-refractivity contribution in [2.75, 3.05) is 14.2 Å². The monoisotopic (exact) mass is 436 g/mol. The average Bonchev–Trinajstić information content (AvgIpc) is 3.05. The number of methoxy groups -OCH3 is 2. The number of nitrogens with zero attached hydrogens (tertiary/aromatic N) is 3. The third-order valence-electron chi connectivity index (χ3n) is 4.08. The molecule has 0 radical (unpaired) electrons. The van der Waals surface area contributed by atoms with Crippen molar-refractivity contribution >= 4 is 41.6 Å². The Morgan fingerprint density at radius 3 is 2.54 bits per heavy atom. The molecular weight excluding hydrogens is 419 g/mol. The first kappa shape index (κ1) is 20.4. The Kier molecular flexibility index (Phi) is 6.72. The molecule has 0 atom stereocenters. The van der Waals surface area contributed by atoms with E-state index in [1.54, 1.807) is 17.0 Å². The summed E-state index contributed by atoms with van der Waals surface area (Å²) >= 11 is 17.8. The lowest BCUT2D eigenvalue weighted by Gasteiger charge is -2.12. The first-order valence-corrected chi connectivity index (χ1v) is 9.56. The van der Waals surface area contributed by atoms with Gasteiger partial charge in [0.2, 0.25) is 4.77 Å². The SMILES string of the molecule is COc1c(Cl)cc(/C=N\n2c(CCc3ccccc3)n[nH]c2=S)c(OC)c1Cl. The van der Waals surface area contributed by atoms with Gasteiger partial charge in [0.05, 0.1) is 25.5 Å². The number of H-pyrrole nitrogens is 1. The Labute approximate surface area is 177 Å². The van der Waals surface area contributed by atoms with Crippen molar-refractivity contribution in [1.29, 1.82) is 0 Å². The van der Waals surface area contributed by atoms with Crippen LogP contribution in [-0.4, -0.2) is 35.3 Å². The van der Waals surface area contributed by atoms with E-state index in [0.717, 1.165) is 12.2 Å². The van der Waals surface area contributed by atoms with Crippen LogP contribution >= 0.6 is 35.4 Å². The first-order chi connectivity index (χ1) is 13.5. The van der Waals surface area contributed by atoms with Crippen LogP contribution in [0.25, 0.3) is 0 Å². The number of hydrogen-bond acceptors (Lipinski definition) is 5. The highest BCUT2D eigenvalue weighted by atomic mass is 35.5. The zero-order chi connectivity index (χ0) is 20.1. The topological polar surface area (TPSA) is 64.4 Å². The normalized spacial score (nSPS) is 11.1. The Morgan fingerprint density at radius 1 is 1.14 bits per heavy atom. The minimum absolute atomic E-state index is 0.277. The number of rotatable bonds is 7. The maximum atomic E-state index is 6.32. The highest BCUT2D eigenvalue weighted by molar-refractivity contribution is 7.71. The Bertz CT molecular complexity index is 1050. The molecule has 0 fully saturated rings.